The summed E-state index contributed by atoms with van der Waals surface area (Å²) in [5, 5.41) is 2.92. The zero-order valence-corrected chi connectivity index (χ0v) is 14.0. The third kappa shape index (κ3) is 4.46. The molecule has 0 aliphatic rings. The predicted molar refractivity (Wildman–Crippen MR) is 87.5 cm³/mol. The molecule has 0 fully saturated rings. The van der Waals surface area contributed by atoms with E-state index in [0.29, 0.717) is 0 Å². The number of anilines is 1. The van der Waals surface area contributed by atoms with Gasteiger partial charge in [-0.15, -0.1) is 0 Å². The van der Waals surface area contributed by atoms with Gasteiger partial charge in [-0.2, -0.15) is 0 Å². The molecule has 1 aromatic carbocycles. The standard InChI is InChI=1S/C17H28N2O2/c1-7-12(2)21-14-10-8-9-13(11-14)19-15(20)16(3,4)17(5,6)18/h8-12H,7,18H2,1-6H3,(H,19,20). The summed E-state index contributed by atoms with van der Waals surface area (Å²) in [5.74, 6) is 0.655. The van der Waals surface area contributed by atoms with Gasteiger partial charge in [0.25, 0.3) is 0 Å². The van der Waals surface area contributed by atoms with Crippen molar-refractivity contribution in [2.75, 3.05) is 5.32 Å². The van der Waals surface area contributed by atoms with E-state index in [1.54, 1.807) is 0 Å². The second-order valence-electron chi connectivity index (χ2n) is 6.67. The van der Waals surface area contributed by atoms with Gasteiger partial charge in [0.1, 0.15) is 5.75 Å². The lowest BCUT2D eigenvalue weighted by atomic mass is 9.74. The van der Waals surface area contributed by atoms with Gasteiger partial charge in [-0.25, -0.2) is 0 Å². The van der Waals surface area contributed by atoms with Crippen molar-refractivity contribution in [2.24, 2.45) is 11.1 Å². The van der Waals surface area contributed by atoms with Gasteiger partial charge >= 0.3 is 0 Å². The van der Waals surface area contributed by atoms with Crippen LogP contribution in [0.15, 0.2) is 24.3 Å². The lowest BCUT2D eigenvalue weighted by molar-refractivity contribution is -0.126. The molecule has 0 heterocycles. The number of nitrogens with one attached hydrogen (secondary N) is 1. The van der Waals surface area contributed by atoms with Crippen molar-refractivity contribution < 1.29 is 9.53 Å². The number of rotatable bonds is 6. The zero-order chi connectivity index (χ0) is 16.3. The first-order valence-electron chi connectivity index (χ1n) is 7.45. The normalized spacial score (nSPS) is 13.7. The fraction of sp³-hybridized carbons (Fsp3) is 0.588. The quantitative estimate of drug-likeness (QED) is 0.842. The number of carbonyl (C=O) groups excluding carboxylic acids is 1. The summed E-state index contributed by atoms with van der Waals surface area (Å²) < 4.78 is 5.76. The van der Waals surface area contributed by atoms with Gasteiger partial charge in [0, 0.05) is 17.3 Å². The average Bonchev–Trinajstić information content (AvgIpc) is 2.37. The van der Waals surface area contributed by atoms with E-state index in [-0.39, 0.29) is 12.0 Å². The van der Waals surface area contributed by atoms with Crippen LogP contribution >= 0.6 is 0 Å². The first-order chi connectivity index (χ1) is 9.57. The highest BCUT2D eigenvalue weighted by Gasteiger charge is 2.40. The average molecular weight is 292 g/mol. The van der Waals surface area contributed by atoms with Crippen LogP contribution in [0.3, 0.4) is 0 Å². The summed E-state index contributed by atoms with van der Waals surface area (Å²) >= 11 is 0. The van der Waals surface area contributed by atoms with Crippen LogP contribution in [-0.2, 0) is 4.79 Å². The van der Waals surface area contributed by atoms with Crippen molar-refractivity contribution in [1.82, 2.24) is 0 Å². The van der Waals surface area contributed by atoms with Crippen LogP contribution in [0.2, 0.25) is 0 Å². The number of benzene rings is 1. The topological polar surface area (TPSA) is 64.3 Å². The molecule has 0 aliphatic carbocycles. The van der Waals surface area contributed by atoms with Crippen LogP contribution in [0, 0.1) is 5.41 Å². The van der Waals surface area contributed by atoms with Gasteiger partial charge in [-0.3, -0.25) is 4.79 Å². The van der Waals surface area contributed by atoms with Crippen LogP contribution in [0.25, 0.3) is 0 Å². The Labute approximate surface area is 128 Å². The van der Waals surface area contributed by atoms with Crippen LogP contribution in [0.1, 0.15) is 48.0 Å². The molecule has 1 unspecified atom stereocenters. The van der Waals surface area contributed by atoms with Crippen LogP contribution in [-0.4, -0.2) is 17.6 Å². The maximum atomic E-state index is 12.4. The minimum Gasteiger partial charge on any atom is -0.491 e. The summed E-state index contributed by atoms with van der Waals surface area (Å²) in [7, 11) is 0. The Morgan fingerprint density at radius 3 is 2.48 bits per heavy atom. The Bertz CT molecular complexity index is 490. The molecule has 4 heteroatoms. The molecular weight excluding hydrogens is 264 g/mol. The van der Waals surface area contributed by atoms with Gasteiger partial charge in [0.2, 0.25) is 5.91 Å². The van der Waals surface area contributed by atoms with E-state index in [1.807, 2.05) is 58.9 Å². The smallest absolute Gasteiger partial charge is 0.231 e. The molecule has 118 valence electrons. The van der Waals surface area contributed by atoms with Crippen molar-refractivity contribution in [3.8, 4) is 5.75 Å². The molecule has 21 heavy (non-hydrogen) atoms. The van der Waals surface area contributed by atoms with Crippen LogP contribution < -0.4 is 15.8 Å². The molecule has 4 nitrogen and oxygen atoms in total. The first kappa shape index (κ1) is 17.5. The molecule has 1 amide bonds. The molecule has 0 radical (unpaired) electrons. The molecule has 0 bridgehead atoms. The maximum absolute atomic E-state index is 12.4. The summed E-state index contributed by atoms with van der Waals surface area (Å²) in [6.07, 6.45) is 1.08. The van der Waals surface area contributed by atoms with Crippen LogP contribution in [0.5, 0.6) is 5.75 Å². The Balaban J connectivity index is 2.84. The molecule has 1 rings (SSSR count). The second-order valence-corrected chi connectivity index (χ2v) is 6.67. The second kappa shape index (κ2) is 6.48. The van der Waals surface area contributed by atoms with Crippen molar-refractivity contribution in [3.63, 3.8) is 0 Å². The van der Waals surface area contributed by atoms with Crippen LogP contribution in [0.4, 0.5) is 5.69 Å². The van der Waals surface area contributed by atoms with E-state index in [0.717, 1.165) is 17.9 Å². The van der Waals surface area contributed by atoms with Gasteiger partial charge < -0.3 is 15.8 Å². The Morgan fingerprint density at radius 2 is 1.95 bits per heavy atom. The van der Waals surface area contributed by atoms with E-state index in [1.165, 1.54) is 0 Å². The van der Waals surface area contributed by atoms with E-state index in [4.69, 9.17) is 10.5 Å². The Kier molecular flexibility index (Phi) is 5.40. The molecule has 0 spiro atoms. The van der Waals surface area contributed by atoms with Crippen molar-refractivity contribution in [1.29, 1.82) is 0 Å². The number of hydrogen-bond donors (Lipinski definition) is 2. The number of amides is 1. The predicted octanol–water partition coefficient (Wildman–Crippen LogP) is 3.57. The molecule has 0 aliphatic heterocycles. The molecule has 0 saturated heterocycles. The lowest BCUT2D eigenvalue weighted by Crippen LogP contribution is -2.53. The number of ether oxygens (including phenoxy) is 1. The van der Waals surface area contributed by atoms with E-state index in [9.17, 15) is 4.79 Å². The summed E-state index contributed by atoms with van der Waals surface area (Å²) in [6.45, 7) is 11.5. The largest absolute Gasteiger partial charge is 0.491 e. The van der Waals surface area contributed by atoms with Crippen molar-refractivity contribution in [3.05, 3.63) is 24.3 Å². The van der Waals surface area contributed by atoms with E-state index in [2.05, 4.69) is 12.2 Å². The van der Waals surface area contributed by atoms with Gasteiger partial charge in [0.05, 0.1) is 11.5 Å². The zero-order valence-electron chi connectivity index (χ0n) is 14.0. The Hall–Kier alpha value is -1.55. The highest BCUT2D eigenvalue weighted by molar-refractivity contribution is 5.95. The molecule has 0 saturated carbocycles. The Morgan fingerprint density at radius 1 is 1.33 bits per heavy atom. The highest BCUT2D eigenvalue weighted by Crippen LogP contribution is 2.30. The first-order valence-corrected chi connectivity index (χ1v) is 7.45. The third-order valence-electron chi connectivity index (χ3n) is 4.18. The minimum atomic E-state index is -0.680. The summed E-state index contributed by atoms with van der Waals surface area (Å²) in [6, 6.07) is 7.44. The number of hydrogen-bond acceptors (Lipinski definition) is 3. The molecule has 3 N–H and O–H groups in total. The van der Waals surface area contributed by atoms with Crippen molar-refractivity contribution in [2.45, 2.75) is 59.6 Å². The summed E-state index contributed by atoms with van der Waals surface area (Å²) in [4.78, 5) is 12.4. The minimum absolute atomic E-state index is 0.101. The number of nitrogens with two attached hydrogens (primary N) is 1. The molecule has 1 atom stereocenters. The fourth-order valence-corrected chi connectivity index (χ4v) is 1.54. The van der Waals surface area contributed by atoms with Crippen molar-refractivity contribution >= 4 is 11.6 Å². The summed E-state index contributed by atoms with van der Waals surface area (Å²) in [5.41, 5.74) is 5.53. The highest BCUT2D eigenvalue weighted by atomic mass is 16.5. The fourth-order valence-electron chi connectivity index (χ4n) is 1.54. The lowest BCUT2D eigenvalue weighted by Gasteiger charge is -2.36. The maximum Gasteiger partial charge on any atom is 0.231 e. The van der Waals surface area contributed by atoms with E-state index < -0.39 is 11.0 Å². The van der Waals surface area contributed by atoms with Gasteiger partial charge in [-0.1, -0.05) is 13.0 Å². The SMILES string of the molecule is CCC(C)Oc1cccc(NC(=O)C(C)(C)C(C)(C)N)c1. The third-order valence-corrected chi connectivity index (χ3v) is 4.18. The molecule has 1 aromatic rings. The monoisotopic (exact) mass is 292 g/mol. The van der Waals surface area contributed by atoms with Gasteiger partial charge in [-0.05, 0) is 53.2 Å². The number of carbonyl (C=O) groups is 1. The van der Waals surface area contributed by atoms with E-state index >= 15 is 0 Å². The molecule has 0 aromatic heterocycles. The molecular formula is C17H28N2O2. The van der Waals surface area contributed by atoms with Gasteiger partial charge in [0.15, 0.2) is 0 Å².